The van der Waals surface area contributed by atoms with Gasteiger partial charge in [0, 0.05) is 6.07 Å². The SMILES string of the molecule is COc1ccc(N=C2NC(=O)/C(=C/c3ccc(F)cc3)S2)c(OC)c1. The molecule has 0 aliphatic carbocycles. The summed E-state index contributed by atoms with van der Waals surface area (Å²) in [5, 5.41) is 3.15. The van der Waals surface area contributed by atoms with Crippen LogP contribution in [0.3, 0.4) is 0 Å². The maximum Gasteiger partial charge on any atom is 0.264 e. The largest absolute Gasteiger partial charge is 0.497 e. The lowest BCUT2D eigenvalue weighted by Gasteiger charge is -2.07. The number of amidine groups is 1. The molecule has 3 rings (SSSR count). The maximum absolute atomic E-state index is 13.0. The highest BCUT2D eigenvalue weighted by Crippen LogP contribution is 2.34. The van der Waals surface area contributed by atoms with Gasteiger partial charge in [0.15, 0.2) is 5.17 Å². The molecular formula is C18H15FN2O3S. The van der Waals surface area contributed by atoms with Gasteiger partial charge in [-0.2, -0.15) is 0 Å². The van der Waals surface area contributed by atoms with Gasteiger partial charge in [0.2, 0.25) is 0 Å². The number of thioether (sulfide) groups is 1. The Balaban J connectivity index is 1.85. The highest BCUT2D eigenvalue weighted by atomic mass is 32.2. The molecule has 1 N–H and O–H groups in total. The zero-order valence-electron chi connectivity index (χ0n) is 13.6. The van der Waals surface area contributed by atoms with Crippen LogP contribution in [0.5, 0.6) is 11.5 Å². The number of rotatable bonds is 4. The molecule has 0 spiro atoms. The zero-order valence-corrected chi connectivity index (χ0v) is 14.4. The van der Waals surface area contributed by atoms with E-state index < -0.39 is 0 Å². The number of amides is 1. The number of ether oxygens (including phenoxy) is 2. The van der Waals surface area contributed by atoms with Gasteiger partial charge in [0.05, 0.1) is 19.1 Å². The van der Waals surface area contributed by atoms with E-state index in [0.29, 0.717) is 27.3 Å². The molecule has 7 heteroatoms. The van der Waals surface area contributed by atoms with E-state index in [1.54, 1.807) is 50.6 Å². The van der Waals surface area contributed by atoms with Gasteiger partial charge in [-0.15, -0.1) is 0 Å². The van der Waals surface area contributed by atoms with E-state index in [-0.39, 0.29) is 11.7 Å². The van der Waals surface area contributed by atoms with Crippen molar-refractivity contribution in [2.45, 2.75) is 0 Å². The summed E-state index contributed by atoms with van der Waals surface area (Å²) in [6, 6.07) is 11.1. The number of aliphatic imine (C=N–C) groups is 1. The summed E-state index contributed by atoms with van der Waals surface area (Å²) in [6.07, 6.45) is 1.69. The monoisotopic (exact) mass is 358 g/mol. The third kappa shape index (κ3) is 4.00. The number of benzene rings is 2. The first-order valence-electron chi connectivity index (χ1n) is 7.36. The maximum atomic E-state index is 13.0. The van der Waals surface area contributed by atoms with E-state index in [2.05, 4.69) is 10.3 Å². The molecule has 128 valence electrons. The van der Waals surface area contributed by atoms with Crippen LogP contribution in [0, 0.1) is 5.82 Å². The molecule has 25 heavy (non-hydrogen) atoms. The normalized spacial score (nSPS) is 17.0. The molecule has 0 saturated carbocycles. The lowest BCUT2D eigenvalue weighted by atomic mass is 10.2. The van der Waals surface area contributed by atoms with E-state index >= 15 is 0 Å². The van der Waals surface area contributed by atoms with Crippen LogP contribution in [0.25, 0.3) is 6.08 Å². The van der Waals surface area contributed by atoms with Crippen molar-refractivity contribution < 1.29 is 18.7 Å². The Bertz CT molecular complexity index is 863. The standard InChI is InChI=1S/C18H15FN2O3S/c1-23-13-7-8-14(15(10-13)24-2)20-18-21-17(22)16(25-18)9-11-3-5-12(19)6-4-11/h3-10H,1-2H3,(H,20,21,22)/b16-9-. The summed E-state index contributed by atoms with van der Waals surface area (Å²) in [4.78, 5) is 17.0. The van der Waals surface area contributed by atoms with E-state index in [1.165, 1.54) is 23.9 Å². The van der Waals surface area contributed by atoms with Crippen molar-refractivity contribution in [3.05, 3.63) is 58.8 Å². The molecular weight excluding hydrogens is 343 g/mol. The van der Waals surface area contributed by atoms with Gasteiger partial charge in [0.1, 0.15) is 23.0 Å². The van der Waals surface area contributed by atoms with E-state index in [0.717, 1.165) is 5.56 Å². The number of hydrogen-bond donors (Lipinski definition) is 1. The van der Waals surface area contributed by atoms with Gasteiger partial charge >= 0.3 is 0 Å². The molecule has 1 saturated heterocycles. The van der Waals surface area contributed by atoms with Crippen molar-refractivity contribution in [2.75, 3.05) is 14.2 Å². The molecule has 1 heterocycles. The minimum Gasteiger partial charge on any atom is -0.497 e. The van der Waals surface area contributed by atoms with Gasteiger partial charge < -0.3 is 14.8 Å². The molecule has 0 unspecified atom stereocenters. The van der Waals surface area contributed by atoms with Gasteiger partial charge in [-0.1, -0.05) is 12.1 Å². The number of nitrogens with one attached hydrogen (secondary N) is 1. The number of carbonyl (C=O) groups is 1. The molecule has 0 atom stereocenters. The second-order valence-electron chi connectivity index (χ2n) is 5.07. The van der Waals surface area contributed by atoms with Crippen LogP contribution < -0.4 is 14.8 Å². The van der Waals surface area contributed by atoms with Crippen LogP contribution in [-0.2, 0) is 4.79 Å². The van der Waals surface area contributed by atoms with Gasteiger partial charge in [0.25, 0.3) is 5.91 Å². The molecule has 1 fully saturated rings. The Morgan fingerprint density at radius 2 is 1.88 bits per heavy atom. The van der Waals surface area contributed by atoms with Crippen LogP contribution in [-0.4, -0.2) is 25.3 Å². The summed E-state index contributed by atoms with van der Waals surface area (Å²) in [5.74, 6) is 0.624. The summed E-state index contributed by atoms with van der Waals surface area (Å²) in [7, 11) is 3.11. The Kier molecular flexibility index (Phi) is 5.04. The summed E-state index contributed by atoms with van der Waals surface area (Å²) < 4.78 is 23.4. The minimum atomic E-state index is -0.320. The predicted molar refractivity (Wildman–Crippen MR) is 96.8 cm³/mol. The summed E-state index contributed by atoms with van der Waals surface area (Å²) >= 11 is 1.21. The van der Waals surface area contributed by atoms with Crippen LogP contribution in [0.15, 0.2) is 52.4 Å². The van der Waals surface area contributed by atoms with Crippen molar-refractivity contribution in [3.8, 4) is 11.5 Å². The molecule has 0 bridgehead atoms. The third-order valence-corrected chi connectivity index (χ3v) is 4.34. The van der Waals surface area contributed by atoms with Gasteiger partial charge in [-0.25, -0.2) is 9.38 Å². The second kappa shape index (κ2) is 7.40. The van der Waals surface area contributed by atoms with Crippen LogP contribution in [0.1, 0.15) is 5.56 Å². The average molecular weight is 358 g/mol. The fourth-order valence-electron chi connectivity index (χ4n) is 2.18. The van der Waals surface area contributed by atoms with Crippen LogP contribution >= 0.6 is 11.8 Å². The smallest absolute Gasteiger partial charge is 0.264 e. The number of methoxy groups -OCH3 is 2. The molecule has 1 aliphatic rings. The average Bonchev–Trinajstić information content (AvgIpc) is 2.96. The first-order chi connectivity index (χ1) is 12.1. The second-order valence-corrected chi connectivity index (χ2v) is 6.10. The quantitative estimate of drug-likeness (QED) is 0.846. The minimum absolute atomic E-state index is 0.249. The third-order valence-electron chi connectivity index (χ3n) is 3.43. The molecule has 1 amide bonds. The van der Waals surface area contributed by atoms with Crippen molar-refractivity contribution in [1.29, 1.82) is 0 Å². The lowest BCUT2D eigenvalue weighted by Crippen LogP contribution is -2.19. The van der Waals surface area contributed by atoms with Crippen molar-refractivity contribution in [1.82, 2.24) is 5.32 Å². The Hall–Kier alpha value is -2.80. The molecule has 0 aromatic heterocycles. The van der Waals surface area contributed by atoms with E-state index in [1.807, 2.05) is 0 Å². The molecule has 1 aliphatic heterocycles. The summed E-state index contributed by atoms with van der Waals surface area (Å²) in [6.45, 7) is 0. The Labute approximate surface area is 148 Å². The molecule has 2 aromatic rings. The Morgan fingerprint density at radius 1 is 1.12 bits per heavy atom. The first-order valence-corrected chi connectivity index (χ1v) is 8.18. The first kappa shape index (κ1) is 17.0. The van der Waals surface area contributed by atoms with Crippen molar-refractivity contribution in [2.24, 2.45) is 4.99 Å². The Morgan fingerprint density at radius 3 is 2.56 bits per heavy atom. The van der Waals surface area contributed by atoms with Crippen LogP contribution in [0.2, 0.25) is 0 Å². The lowest BCUT2D eigenvalue weighted by molar-refractivity contribution is -0.115. The molecule has 2 aromatic carbocycles. The highest BCUT2D eigenvalue weighted by Gasteiger charge is 2.24. The highest BCUT2D eigenvalue weighted by molar-refractivity contribution is 8.18. The number of carbonyl (C=O) groups excluding carboxylic acids is 1. The van der Waals surface area contributed by atoms with E-state index in [9.17, 15) is 9.18 Å². The van der Waals surface area contributed by atoms with Gasteiger partial charge in [-0.3, -0.25) is 4.79 Å². The van der Waals surface area contributed by atoms with E-state index in [4.69, 9.17) is 9.47 Å². The zero-order chi connectivity index (χ0) is 17.8. The van der Waals surface area contributed by atoms with Crippen LogP contribution in [0.4, 0.5) is 10.1 Å². The fourth-order valence-corrected chi connectivity index (χ4v) is 3.01. The van der Waals surface area contributed by atoms with Crippen molar-refractivity contribution in [3.63, 3.8) is 0 Å². The number of hydrogen-bond acceptors (Lipinski definition) is 5. The van der Waals surface area contributed by atoms with Gasteiger partial charge in [-0.05, 0) is 47.7 Å². The topological polar surface area (TPSA) is 59.9 Å². The summed E-state index contributed by atoms with van der Waals surface area (Å²) in [5.41, 5.74) is 1.32. The van der Waals surface area contributed by atoms with Crippen molar-refractivity contribution >= 4 is 34.6 Å². The molecule has 5 nitrogen and oxygen atoms in total. The predicted octanol–water partition coefficient (Wildman–Crippen LogP) is 3.73. The number of halogens is 1. The fraction of sp³-hybridized carbons (Fsp3) is 0.111. The number of nitrogens with zero attached hydrogens (tertiary/aromatic N) is 1. The molecule has 0 radical (unpaired) electrons.